The maximum atomic E-state index is 11.4. The summed E-state index contributed by atoms with van der Waals surface area (Å²) in [6.45, 7) is 7.51. The van der Waals surface area contributed by atoms with Gasteiger partial charge in [0.25, 0.3) is 0 Å². The van der Waals surface area contributed by atoms with Crippen LogP contribution in [-0.4, -0.2) is 19.4 Å². The molecule has 0 aromatic rings. The molecule has 2 atom stereocenters. The second kappa shape index (κ2) is 17.3. The first kappa shape index (κ1) is 22.0. The Hall–Kier alpha value is -0.0200. The lowest BCUT2D eigenvalue weighted by Crippen LogP contribution is -2.27. The van der Waals surface area contributed by atoms with E-state index in [-0.39, 0.29) is 6.23 Å². The Morgan fingerprint density at radius 2 is 1.41 bits per heavy atom. The summed E-state index contributed by atoms with van der Waals surface area (Å²) in [6.07, 6.45) is 14.0. The summed E-state index contributed by atoms with van der Waals surface area (Å²) in [7, 11) is -1.98. The van der Waals surface area contributed by atoms with Gasteiger partial charge in [0, 0.05) is 4.57 Å². The normalized spacial score (nSPS) is 13.3. The van der Waals surface area contributed by atoms with Gasteiger partial charge in [0.15, 0.2) is 6.23 Å². The molecule has 4 nitrogen and oxygen atoms in total. The van der Waals surface area contributed by atoms with Gasteiger partial charge in [-0.15, -0.1) is 9.05 Å². The minimum absolute atomic E-state index is 0.209. The van der Waals surface area contributed by atoms with Gasteiger partial charge in [-0.25, -0.2) is 0 Å². The lowest BCUT2D eigenvalue weighted by molar-refractivity contribution is 0.150. The van der Waals surface area contributed by atoms with Crippen LogP contribution in [0.15, 0.2) is 0 Å². The molecule has 0 amide bonds. The van der Waals surface area contributed by atoms with Crippen molar-refractivity contribution in [2.75, 3.05) is 13.2 Å². The largest absolute Gasteiger partial charge is 0.699 e. The molecule has 0 spiro atoms. The van der Waals surface area contributed by atoms with Crippen molar-refractivity contribution in [3.05, 3.63) is 0 Å². The van der Waals surface area contributed by atoms with Gasteiger partial charge in [-0.05, 0) is 26.3 Å². The van der Waals surface area contributed by atoms with E-state index in [2.05, 4.69) is 12.2 Å². The predicted octanol–water partition coefficient (Wildman–Crippen LogP) is 5.94. The Morgan fingerprint density at radius 3 is 1.95 bits per heavy atom. The number of hydrogen-bond acceptors (Lipinski definition) is 4. The summed E-state index contributed by atoms with van der Waals surface area (Å²) in [5.74, 6) is 0. The third-order valence-corrected chi connectivity index (χ3v) is 4.49. The van der Waals surface area contributed by atoms with Gasteiger partial charge in [-0.3, -0.25) is 5.32 Å². The highest BCUT2D eigenvalue weighted by atomic mass is 31.1. The Balaban J connectivity index is 3.23. The SMILES string of the molecule is CCCCCCCCCCCCNC(C)O[P+](=O)OCCC. The molecule has 0 radical (unpaired) electrons. The smallest absolute Gasteiger partial charge is 0.288 e. The van der Waals surface area contributed by atoms with Crippen molar-refractivity contribution in [2.45, 2.75) is 97.6 Å². The maximum Gasteiger partial charge on any atom is 0.699 e. The van der Waals surface area contributed by atoms with Gasteiger partial charge < -0.3 is 0 Å². The van der Waals surface area contributed by atoms with Crippen molar-refractivity contribution in [1.29, 1.82) is 0 Å². The van der Waals surface area contributed by atoms with E-state index >= 15 is 0 Å². The minimum atomic E-state index is -1.98. The summed E-state index contributed by atoms with van der Waals surface area (Å²) in [5.41, 5.74) is 0. The van der Waals surface area contributed by atoms with Crippen LogP contribution >= 0.6 is 8.25 Å². The number of unbranched alkanes of at least 4 members (excludes halogenated alkanes) is 9. The van der Waals surface area contributed by atoms with Gasteiger partial charge in [0.05, 0.1) is 0 Å². The van der Waals surface area contributed by atoms with E-state index in [1.54, 1.807) is 0 Å². The third-order valence-electron chi connectivity index (χ3n) is 3.61. The highest BCUT2D eigenvalue weighted by Crippen LogP contribution is 2.25. The van der Waals surface area contributed by atoms with Crippen LogP contribution in [0.1, 0.15) is 91.4 Å². The fourth-order valence-electron chi connectivity index (χ4n) is 2.28. The van der Waals surface area contributed by atoms with Crippen LogP contribution < -0.4 is 5.32 Å². The lowest BCUT2D eigenvalue weighted by Gasteiger charge is -2.07. The summed E-state index contributed by atoms with van der Waals surface area (Å²) in [6, 6.07) is 0. The second-order valence-electron chi connectivity index (χ2n) is 5.94. The van der Waals surface area contributed by atoms with E-state index in [1.807, 2.05) is 13.8 Å². The summed E-state index contributed by atoms with van der Waals surface area (Å²) in [5, 5.41) is 3.23. The average molecular weight is 334 g/mol. The topological polar surface area (TPSA) is 47.6 Å². The molecule has 0 saturated carbocycles. The highest BCUT2D eigenvalue weighted by Gasteiger charge is 2.23. The number of hydrogen-bond donors (Lipinski definition) is 1. The molecule has 0 heterocycles. The van der Waals surface area contributed by atoms with Gasteiger partial charge in [-0.1, -0.05) is 71.6 Å². The van der Waals surface area contributed by atoms with Crippen LogP contribution in [0.25, 0.3) is 0 Å². The first-order valence-electron chi connectivity index (χ1n) is 9.21. The summed E-state index contributed by atoms with van der Waals surface area (Å²) < 4.78 is 21.6. The average Bonchev–Trinajstić information content (AvgIpc) is 2.50. The van der Waals surface area contributed by atoms with Crippen molar-refractivity contribution in [3.63, 3.8) is 0 Å². The monoisotopic (exact) mass is 334 g/mol. The van der Waals surface area contributed by atoms with Gasteiger partial charge in [0.2, 0.25) is 0 Å². The van der Waals surface area contributed by atoms with Crippen molar-refractivity contribution in [2.24, 2.45) is 0 Å². The molecule has 0 aromatic carbocycles. The van der Waals surface area contributed by atoms with Gasteiger partial charge in [0.1, 0.15) is 6.61 Å². The zero-order valence-electron chi connectivity index (χ0n) is 14.9. The first-order chi connectivity index (χ1) is 10.7. The molecule has 0 fully saturated rings. The third kappa shape index (κ3) is 16.4. The number of nitrogens with one attached hydrogen (secondary N) is 1. The standard InChI is InChI=1S/C17H37NO3P/c1-4-6-7-8-9-10-11-12-13-14-15-18-17(3)21-22(19)20-16-5-2/h17-18H,4-16H2,1-3H3/q+1. The molecule has 5 heteroatoms. The van der Waals surface area contributed by atoms with Gasteiger partial charge >= 0.3 is 8.25 Å². The Kier molecular flexibility index (Phi) is 17.3. The summed E-state index contributed by atoms with van der Waals surface area (Å²) in [4.78, 5) is 0. The Morgan fingerprint density at radius 1 is 0.864 bits per heavy atom. The van der Waals surface area contributed by atoms with Crippen LogP contribution in [0.3, 0.4) is 0 Å². The van der Waals surface area contributed by atoms with E-state index in [0.29, 0.717) is 6.61 Å². The molecule has 22 heavy (non-hydrogen) atoms. The molecule has 0 bridgehead atoms. The van der Waals surface area contributed by atoms with Crippen LogP contribution in [0.5, 0.6) is 0 Å². The zero-order chi connectivity index (χ0) is 16.5. The van der Waals surface area contributed by atoms with E-state index < -0.39 is 8.25 Å². The molecular formula is C17H37NO3P+. The Bertz CT molecular complexity index is 252. The summed E-state index contributed by atoms with van der Waals surface area (Å²) >= 11 is 0. The first-order valence-corrected chi connectivity index (χ1v) is 10.3. The molecule has 0 aliphatic heterocycles. The zero-order valence-corrected chi connectivity index (χ0v) is 15.8. The molecule has 0 saturated heterocycles. The fraction of sp³-hybridized carbons (Fsp3) is 1.00. The molecule has 1 N–H and O–H groups in total. The van der Waals surface area contributed by atoms with Crippen molar-refractivity contribution < 1.29 is 13.6 Å². The van der Waals surface area contributed by atoms with Crippen LogP contribution in [0.2, 0.25) is 0 Å². The molecule has 2 unspecified atom stereocenters. The van der Waals surface area contributed by atoms with Crippen LogP contribution in [-0.2, 0) is 13.6 Å². The molecular weight excluding hydrogens is 297 g/mol. The molecule has 132 valence electrons. The molecule has 0 aliphatic carbocycles. The van der Waals surface area contributed by atoms with Crippen LogP contribution in [0.4, 0.5) is 0 Å². The van der Waals surface area contributed by atoms with E-state index in [0.717, 1.165) is 19.4 Å². The molecule has 0 aromatic heterocycles. The quantitative estimate of drug-likeness (QED) is 0.203. The van der Waals surface area contributed by atoms with E-state index in [9.17, 15) is 4.57 Å². The van der Waals surface area contributed by atoms with Crippen molar-refractivity contribution in [3.8, 4) is 0 Å². The van der Waals surface area contributed by atoms with Crippen LogP contribution in [0, 0.1) is 0 Å². The van der Waals surface area contributed by atoms with Gasteiger partial charge in [-0.2, -0.15) is 0 Å². The predicted molar refractivity (Wildman–Crippen MR) is 94.2 cm³/mol. The molecule has 0 aliphatic rings. The number of rotatable bonds is 17. The molecule has 0 rings (SSSR count). The van der Waals surface area contributed by atoms with Crippen molar-refractivity contribution >= 4 is 8.25 Å². The van der Waals surface area contributed by atoms with E-state index in [4.69, 9.17) is 9.05 Å². The lowest BCUT2D eigenvalue weighted by atomic mass is 10.1. The highest BCUT2D eigenvalue weighted by molar-refractivity contribution is 7.33. The van der Waals surface area contributed by atoms with E-state index in [1.165, 1.54) is 57.8 Å². The minimum Gasteiger partial charge on any atom is -0.288 e. The maximum absolute atomic E-state index is 11.4. The second-order valence-corrected chi connectivity index (χ2v) is 6.86. The fourth-order valence-corrected chi connectivity index (χ4v) is 3.01. The Labute approximate surface area is 138 Å². The van der Waals surface area contributed by atoms with Crippen molar-refractivity contribution in [1.82, 2.24) is 5.32 Å².